The van der Waals surface area contributed by atoms with E-state index in [9.17, 15) is 22.8 Å². The van der Waals surface area contributed by atoms with Gasteiger partial charge in [0.2, 0.25) is 0 Å². The number of anilines is 1. The molecule has 0 bridgehead atoms. The number of nitrogens with one attached hydrogen (secondary N) is 1. The Hall–Kier alpha value is -3.37. The van der Waals surface area contributed by atoms with Gasteiger partial charge in [0.1, 0.15) is 25.4 Å². The predicted molar refractivity (Wildman–Crippen MR) is 171 cm³/mol. The van der Waals surface area contributed by atoms with Gasteiger partial charge in [-0.15, -0.1) is 0 Å². The number of quaternary nitrogens is 1. The van der Waals surface area contributed by atoms with Crippen molar-refractivity contribution in [2.45, 2.75) is 72.0 Å². The van der Waals surface area contributed by atoms with Crippen LogP contribution < -0.4 is 27.0 Å². The summed E-state index contributed by atoms with van der Waals surface area (Å²) in [7, 11) is 0. The van der Waals surface area contributed by atoms with Crippen LogP contribution in [-0.4, -0.2) is 49.2 Å². The first-order chi connectivity index (χ1) is 21.6. The number of para-hydroxylation sites is 1. The van der Waals surface area contributed by atoms with Gasteiger partial charge in [0.05, 0.1) is 36.4 Å². The molecule has 0 unspecified atom stereocenters. The molecule has 1 N–H and O–H groups in total. The lowest BCUT2D eigenvalue weighted by Crippen LogP contribution is -3.00. The molecule has 0 saturated carbocycles. The number of hydrogen-bond acceptors (Lipinski definition) is 4. The molecule has 6 nitrogen and oxygen atoms in total. The molecule has 0 aliphatic rings. The first-order valence-corrected chi connectivity index (χ1v) is 15.9. The van der Waals surface area contributed by atoms with Gasteiger partial charge in [0, 0.05) is 11.3 Å². The van der Waals surface area contributed by atoms with Crippen molar-refractivity contribution in [3.05, 3.63) is 95.1 Å². The summed E-state index contributed by atoms with van der Waals surface area (Å²) in [5.41, 5.74) is 1.21. The Kier molecular flexibility index (Phi) is 16.3. The third-order valence-corrected chi connectivity index (χ3v) is 8.18. The summed E-state index contributed by atoms with van der Waals surface area (Å²) >= 11 is 0. The molecule has 0 heterocycles. The zero-order chi connectivity index (χ0) is 32.7. The fourth-order valence-corrected chi connectivity index (χ4v) is 5.22. The highest BCUT2D eigenvalue weighted by atomic mass is 79.9. The van der Waals surface area contributed by atoms with E-state index in [0.717, 1.165) is 18.9 Å². The van der Waals surface area contributed by atoms with Gasteiger partial charge in [-0.25, -0.2) is 4.79 Å². The Bertz CT molecular complexity index is 1360. The summed E-state index contributed by atoms with van der Waals surface area (Å²) in [5, 5.41) is 2.86. The summed E-state index contributed by atoms with van der Waals surface area (Å²) in [6, 6.07) is 19.0. The van der Waals surface area contributed by atoms with Crippen LogP contribution in [0.3, 0.4) is 0 Å². The van der Waals surface area contributed by atoms with Crippen LogP contribution in [0, 0.1) is 0 Å². The summed E-state index contributed by atoms with van der Waals surface area (Å²) in [6.07, 6.45) is 2.51. The van der Waals surface area contributed by atoms with Crippen LogP contribution in [0.15, 0.2) is 72.8 Å². The average molecular weight is 708 g/mol. The van der Waals surface area contributed by atoms with E-state index in [4.69, 9.17) is 9.47 Å². The number of alkyl halides is 3. The van der Waals surface area contributed by atoms with Crippen molar-refractivity contribution >= 4 is 17.6 Å². The Labute approximate surface area is 281 Å². The molecule has 0 fully saturated rings. The van der Waals surface area contributed by atoms with Crippen LogP contribution in [0.25, 0.3) is 0 Å². The largest absolute Gasteiger partial charge is 1.00 e. The van der Waals surface area contributed by atoms with E-state index in [1.807, 2.05) is 19.9 Å². The summed E-state index contributed by atoms with van der Waals surface area (Å²) in [4.78, 5) is 25.8. The molecule has 3 rings (SSSR count). The number of carbonyl (C=O) groups is 2. The number of likely N-dealkylation sites (N-methyl/N-ethyl adjacent to an activating group) is 1. The summed E-state index contributed by atoms with van der Waals surface area (Å²) in [5.74, 6) is -0.283. The minimum absolute atomic E-state index is 0. The maximum Gasteiger partial charge on any atom is 0.416 e. The van der Waals surface area contributed by atoms with E-state index in [2.05, 4.69) is 12.2 Å². The van der Waals surface area contributed by atoms with E-state index in [0.29, 0.717) is 65.4 Å². The van der Waals surface area contributed by atoms with Gasteiger partial charge in [-0.2, -0.15) is 13.2 Å². The molecule has 0 aliphatic carbocycles. The van der Waals surface area contributed by atoms with Crippen LogP contribution in [-0.2, 0) is 17.5 Å². The van der Waals surface area contributed by atoms with Crippen LogP contribution in [0.2, 0.25) is 0 Å². The fourth-order valence-electron chi connectivity index (χ4n) is 5.22. The number of ether oxygens (including phenoxy) is 2. The van der Waals surface area contributed by atoms with Crippen molar-refractivity contribution < 1.29 is 53.7 Å². The molecular formula is C36H46BrF3N2O4. The van der Waals surface area contributed by atoms with Gasteiger partial charge >= 0.3 is 12.1 Å². The van der Waals surface area contributed by atoms with Gasteiger partial charge in [-0.1, -0.05) is 63.3 Å². The van der Waals surface area contributed by atoms with Gasteiger partial charge in [0.25, 0.3) is 5.91 Å². The molecular weight excluding hydrogens is 661 g/mol. The molecule has 46 heavy (non-hydrogen) atoms. The quantitative estimate of drug-likeness (QED) is 0.102. The number of halogens is 4. The molecule has 0 aromatic heterocycles. The standard InChI is InChI=1S/C36H45F3N2O4.BrH/c1-4-7-8-9-10-13-24-44-33-18-12-11-17-32(33)34(42)40-31-21-19-29(20-22-31)35(43)45-25-23-41(5-2,6-3)27-28-15-14-16-30(26-28)36(37,38)39;/h11-12,14-22,26H,4-10,13,23-25,27H2,1-3H3;1H. The lowest BCUT2D eigenvalue weighted by molar-refractivity contribution is -0.937. The van der Waals surface area contributed by atoms with Crippen LogP contribution in [0.5, 0.6) is 5.75 Å². The highest BCUT2D eigenvalue weighted by molar-refractivity contribution is 6.06. The number of benzene rings is 3. The molecule has 1 amide bonds. The maximum atomic E-state index is 13.2. The molecule has 3 aromatic carbocycles. The van der Waals surface area contributed by atoms with Crippen molar-refractivity contribution in [1.82, 2.24) is 0 Å². The SMILES string of the molecule is CCCCCCCCOc1ccccc1C(=O)Nc1ccc(C(=O)OCC[N+](CC)(CC)Cc2cccc(C(F)(F)F)c2)cc1.[Br-]. The number of amides is 1. The number of unbranched alkanes of at least 4 members (excludes halogenated alkanes) is 5. The second-order valence-electron chi connectivity index (χ2n) is 11.3. The first-order valence-electron chi connectivity index (χ1n) is 15.9. The molecule has 0 aliphatic heterocycles. The van der Waals surface area contributed by atoms with E-state index < -0.39 is 17.7 Å². The van der Waals surface area contributed by atoms with Gasteiger partial charge in [-0.3, -0.25) is 4.79 Å². The summed E-state index contributed by atoms with van der Waals surface area (Å²) in [6.45, 7) is 9.02. The highest BCUT2D eigenvalue weighted by Crippen LogP contribution is 2.30. The third-order valence-electron chi connectivity index (χ3n) is 8.18. The molecule has 10 heteroatoms. The van der Waals surface area contributed by atoms with Gasteiger partial charge in [-0.05, 0) is 68.8 Å². The molecule has 252 valence electrons. The number of rotatable bonds is 18. The zero-order valence-electron chi connectivity index (χ0n) is 27.0. The van der Waals surface area contributed by atoms with E-state index in [-0.39, 0.29) is 29.5 Å². The Balaban J connectivity index is 0.00000736. The molecule has 0 radical (unpaired) electrons. The number of esters is 1. The molecule has 0 atom stereocenters. The molecule has 0 spiro atoms. The third kappa shape index (κ3) is 12.1. The minimum Gasteiger partial charge on any atom is -1.00 e. The normalized spacial score (nSPS) is 11.4. The zero-order valence-corrected chi connectivity index (χ0v) is 28.6. The van der Waals surface area contributed by atoms with E-state index in [1.165, 1.54) is 37.8 Å². The van der Waals surface area contributed by atoms with Crippen LogP contribution in [0.4, 0.5) is 18.9 Å². The van der Waals surface area contributed by atoms with Gasteiger partial charge in [0.15, 0.2) is 0 Å². The second kappa shape index (κ2) is 19.3. The number of nitrogens with zero attached hydrogens (tertiary/aromatic N) is 1. The van der Waals surface area contributed by atoms with Crippen molar-refractivity contribution in [1.29, 1.82) is 0 Å². The van der Waals surface area contributed by atoms with Crippen LogP contribution >= 0.6 is 0 Å². The van der Waals surface area contributed by atoms with Crippen molar-refractivity contribution in [2.24, 2.45) is 0 Å². The Morgan fingerprint density at radius 2 is 1.48 bits per heavy atom. The van der Waals surface area contributed by atoms with Crippen molar-refractivity contribution in [2.75, 3.05) is 38.2 Å². The Morgan fingerprint density at radius 3 is 2.15 bits per heavy atom. The fraction of sp³-hybridized carbons (Fsp3) is 0.444. The first kappa shape index (κ1) is 38.8. The predicted octanol–water partition coefficient (Wildman–Crippen LogP) is 5.91. The lowest BCUT2D eigenvalue weighted by Gasteiger charge is -2.37. The number of carbonyl (C=O) groups excluding carboxylic acids is 2. The van der Waals surface area contributed by atoms with Crippen molar-refractivity contribution in [3.63, 3.8) is 0 Å². The molecule has 0 saturated heterocycles. The van der Waals surface area contributed by atoms with E-state index in [1.54, 1.807) is 48.5 Å². The second-order valence-corrected chi connectivity index (χ2v) is 11.3. The van der Waals surface area contributed by atoms with Crippen LogP contribution in [0.1, 0.15) is 91.1 Å². The van der Waals surface area contributed by atoms with Crippen molar-refractivity contribution in [3.8, 4) is 5.75 Å². The van der Waals surface area contributed by atoms with Gasteiger partial charge < -0.3 is 36.3 Å². The monoisotopic (exact) mass is 706 g/mol. The topological polar surface area (TPSA) is 64.6 Å². The maximum absolute atomic E-state index is 13.2. The lowest BCUT2D eigenvalue weighted by atomic mass is 10.1. The van der Waals surface area contributed by atoms with E-state index >= 15 is 0 Å². The summed E-state index contributed by atoms with van der Waals surface area (Å²) < 4.78 is 51.5. The molecule has 3 aromatic rings. The highest BCUT2D eigenvalue weighted by Gasteiger charge is 2.32. The number of hydrogen-bond donors (Lipinski definition) is 1. The Morgan fingerprint density at radius 1 is 0.804 bits per heavy atom. The smallest absolute Gasteiger partial charge is 0.416 e. The minimum atomic E-state index is -4.40. The average Bonchev–Trinajstić information content (AvgIpc) is 3.04.